The molecule has 0 saturated heterocycles. The van der Waals surface area contributed by atoms with Crippen LogP contribution in [0.1, 0.15) is 31.2 Å². The molecule has 19 heavy (non-hydrogen) atoms. The quantitative estimate of drug-likeness (QED) is 0.722. The van der Waals surface area contributed by atoms with E-state index < -0.39 is 10.0 Å². The maximum absolute atomic E-state index is 12.2. The maximum atomic E-state index is 12.2. The summed E-state index contributed by atoms with van der Waals surface area (Å²) in [6.07, 6.45) is 7.95. The number of hydrogen-bond donors (Lipinski definition) is 3. The van der Waals surface area contributed by atoms with Gasteiger partial charge in [-0.2, -0.15) is 16.9 Å². The van der Waals surface area contributed by atoms with Crippen LogP contribution in [0.5, 0.6) is 0 Å². The second-order valence-corrected chi connectivity index (χ2v) is 7.83. The van der Waals surface area contributed by atoms with Crippen molar-refractivity contribution in [2.24, 2.45) is 5.73 Å². The zero-order chi connectivity index (χ0) is 13.9. The normalized spacial score (nSPS) is 18.8. The van der Waals surface area contributed by atoms with E-state index in [-0.39, 0.29) is 16.3 Å². The zero-order valence-corrected chi connectivity index (χ0v) is 12.6. The molecule has 1 saturated carbocycles. The maximum Gasteiger partial charge on any atom is 0.257 e. The first-order valence-corrected chi connectivity index (χ1v) is 9.01. The topological polar surface area (TPSA) is 101 Å². The highest BCUT2D eigenvalue weighted by atomic mass is 32.2. The van der Waals surface area contributed by atoms with Crippen LogP contribution in [0.2, 0.25) is 0 Å². The van der Waals surface area contributed by atoms with E-state index in [1.54, 1.807) is 11.8 Å². The van der Waals surface area contributed by atoms with Crippen LogP contribution in [0.3, 0.4) is 0 Å². The van der Waals surface area contributed by atoms with Crippen LogP contribution in [0.4, 0.5) is 0 Å². The third-order valence-corrected chi connectivity index (χ3v) is 6.53. The van der Waals surface area contributed by atoms with E-state index in [2.05, 4.69) is 14.9 Å². The smallest absolute Gasteiger partial charge is 0.257 e. The summed E-state index contributed by atoms with van der Waals surface area (Å²) < 4.78 is 27.2. The SMILES string of the molecule is CSC1(CNS(=O)(=O)c2[nH]ncc2CN)CCCC1. The molecule has 1 fully saturated rings. The standard InChI is InChI=1S/C11H20N4O2S2/c1-18-11(4-2-3-5-11)8-14-19(16,17)10-9(6-12)7-13-15-10/h7,14H,2-6,8,12H2,1H3,(H,13,15). The Hall–Kier alpha value is -0.570. The van der Waals surface area contributed by atoms with Crippen molar-refractivity contribution in [1.29, 1.82) is 0 Å². The van der Waals surface area contributed by atoms with E-state index >= 15 is 0 Å². The highest BCUT2D eigenvalue weighted by Crippen LogP contribution is 2.39. The first kappa shape index (κ1) is 14.8. The molecule has 0 bridgehead atoms. The lowest BCUT2D eigenvalue weighted by atomic mass is 10.1. The van der Waals surface area contributed by atoms with Crippen molar-refractivity contribution in [1.82, 2.24) is 14.9 Å². The summed E-state index contributed by atoms with van der Waals surface area (Å²) in [5, 5.41) is 6.35. The number of aromatic amines is 1. The van der Waals surface area contributed by atoms with E-state index in [0.717, 1.165) is 12.8 Å². The Labute approximate surface area is 118 Å². The van der Waals surface area contributed by atoms with Gasteiger partial charge in [-0.3, -0.25) is 5.10 Å². The third kappa shape index (κ3) is 3.13. The summed E-state index contributed by atoms with van der Waals surface area (Å²) >= 11 is 1.75. The third-order valence-electron chi connectivity index (χ3n) is 3.70. The lowest BCUT2D eigenvalue weighted by Crippen LogP contribution is -2.38. The number of H-pyrrole nitrogens is 1. The van der Waals surface area contributed by atoms with Crippen molar-refractivity contribution in [3.8, 4) is 0 Å². The summed E-state index contributed by atoms with van der Waals surface area (Å²) in [6.45, 7) is 0.611. The minimum atomic E-state index is -3.56. The van der Waals surface area contributed by atoms with Crippen molar-refractivity contribution >= 4 is 21.8 Å². The van der Waals surface area contributed by atoms with Gasteiger partial charge in [0.15, 0.2) is 5.03 Å². The number of hydrogen-bond acceptors (Lipinski definition) is 5. The Morgan fingerprint density at radius 2 is 2.21 bits per heavy atom. The fourth-order valence-electron chi connectivity index (χ4n) is 2.45. The van der Waals surface area contributed by atoms with Gasteiger partial charge in [0.25, 0.3) is 10.0 Å². The number of aromatic nitrogens is 2. The molecular weight excluding hydrogens is 284 g/mol. The molecule has 0 radical (unpaired) electrons. The lowest BCUT2D eigenvalue weighted by molar-refractivity contribution is 0.547. The minimum Gasteiger partial charge on any atom is -0.326 e. The van der Waals surface area contributed by atoms with Gasteiger partial charge in [-0.15, -0.1) is 0 Å². The lowest BCUT2D eigenvalue weighted by Gasteiger charge is -2.26. The average molecular weight is 304 g/mol. The van der Waals surface area contributed by atoms with Gasteiger partial charge in [0.1, 0.15) is 0 Å². The predicted octanol–water partition coefficient (Wildman–Crippen LogP) is 0.822. The molecule has 1 aliphatic rings. The molecule has 1 aromatic rings. The van der Waals surface area contributed by atoms with E-state index in [4.69, 9.17) is 5.73 Å². The number of sulfonamides is 1. The molecule has 1 heterocycles. The molecule has 108 valence electrons. The van der Waals surface area contributed by atoms with Gasteiger partial charge in [0, 0.05) is 23.4 Å². The number of thioether (sulfide) groups is 1. The highest BCUT2D eigenvalue weighted by molar-refractivity contribution is 8.00. The summed E-state index contributed by atoms with van der Waals surface area (Å²) in [4.78, 5) is 0. The van der Waals surface area contributed by atoms with Crippen LogP contribution in [0.15, 0.2) is 11.2 Å². The predicted molar refractivity (Wildman–Crippen MR) is 76.4 cm³/mol. The fraction of sp³-hybridized carbons (Fsp3) is 0.727. The first-order chi connectivity index (χ1) is 9.03. The Morgan fingerprint density at radius 3 is 2.79 bits per heavy atom. The molecule has 0 aromatic carbocycles. The van der Waals surface area contributed by atoms with Crippen molar-refractivity contribution in [2.75, 3.05) is 12.8 Å². The molecule has 0 unspecified atom stereocenters. The Balaban J connectivity index is 2.10. The van der Waals surface area contributed by atoms with Gasteiger partial charge >= 0.3 is 0 Å². The Morgan fingerprint density at radius 1 is 1.53 bits per heavy atom. The largest absolute Gasteiger partial charge is 0.326 e. The monoisotopic (exact) mass is 304 g/mol. The van der Waals surface area contributed by atoms with Gasteiger partial charge in [-0.25, -0.2) is 13.1 Å². The van der Waals surface area contributed by atoms with E-state index in [0.29, 0.717) is 12.1 Å². The van der Waals surface area contributed by atoms with E-state index in [1.165, 1.54) is 19.0 Å². The van der Waals surface area contributed by atoms with E-state index in [1.807, 2.05) is 6.26 Å². The number of nitrogens with one attached hydrogen (secondary N) is 2. The van der Waals surface area contributed by atoms with Gasteiger partial charge in [-0.05, 0) is 19.1 Å². The van der Waals surface area contributed by atoms with Crippen molar-refractivity contribution in [2.45, 2.75) is 42.0 Å². The molecule has 0 spiro atoms. The van der Waals surface area contributed by atoms with Crippen molar-refractivity contribution < 1.29 is 8.42 Å². The van der Waals surface area contributed by atoms with Crippen LogP contribution in [-0.2, 0) is 16.6 Å². The summed E-state index contributed by atoms with van der Waals surface area (Å²) in [5.41, 5.74) is 6.02. The molecule has 8 heteroatoms. The Kier molecular flexibility index (Phi) is 4.54. The van der Waals surface area contributed by atoms with Gasteiger partial charge in [-0.1, -0.05) is 12.8 Å². The molecule has 0 atom stereocenters. The first-order valence-electron chi connectivity index (χ1n) is 6.30. The minimum absolute atomic E-state index is 0.0377. The fourth-order valence-corrected chi connectivity index (χ4v) is 4.72. The van der Waals surface area contributed by atoms with Crippen LogP contribution in [-0.4, -0.2) is 36.2 Å². The molecule has 1 aliphatic carbocycles. The molecule has 0 amide bonds. The Bertz CT molecular complexity index is 521. The number of nitrogens with two attached hydrogens (primary N) is 1. The van der Waals surface area contributed by atoms with Crippen LogP contribution in [0, 0.1) is 0 Å². The molecule has 0 aliphatic heterocycles. The number of nitrogens with zero attached hydrogens (tertiary/aromatic N) is 1. The molecule has 4 N–H and O–H groups in total. The highest BCUT2D eigenvalue weighted by Gasteiger charge is 2.34. The van der Waals surface area contributed by atoms with Crippen LogP contribution < -0.4 is 10.5 Å². The summed E-state index contributed by atoms with van der Waals surface area (Å²) in [6, 6.07) is 0. The average Bonchev–Trinajstić information content (AvgIpc) is 3.06. The summed E-state index contributed by atoms with van der Waals surface area (Å²) in [5.74, 6) is 0. The second-order valence-electron chi connectivity index (χ2n) is 4.85. The van der Waals surface area contributed by atoms with Crippen LogP contribution >= 0.6 is 11.8 Å². The summed E-state index contributed by atoms with van der Waals surface area (Å²) in [7, 11) is -3.56. The van der Waals surface area contributed by atoms with Crippen molar-refractivity contribution in [3.63, 3.8) is 0 Å². The zero-order valence-electron chi connectivity index (χ0n) is 11.0. The van der Waals surface area contributed by atoms with Crippen molar-refractivity contribution in [3.05, 3.63) is 11.8 Å². The molecule has 1 aromatic heterocycles. The van der Waals surface area contributed by atoms with Crippen LogP contribution in [0.25, 0.3) is 0 Å². The molecular formula is C11H20N4O2S2. The van der Waals surface area contributed by atoms with E-state index in [9.17, 15) is 8.42 Å². The second kappa shape index (κ2) is 5.82. The number of rotatable bonds is 6. The van der Waals surface area contributed by atoms with Gasteiger partial charge in [0.05, 0.1) is 6.20 Å². The van der Waals surface area contributed by atoms with Gasteiger partial charge < -0.3 is 5.73 Å². The molecule has 2 rings (SSSR count). The molecule has 6 nitrogen and oxygen atoms in total. The van der Waals surface area contributed by atoms with Gasteiger partial charge in [0.2, 0.25) is 0 Å².